The molecule has 0 N–H and O–H groups in total. The number of methoxy groups -OCH3 is 1. The molecule has 0 aromatic carbocycles. The van der Waals surface area contributed by atoms with Gasteiger partial charge in [-0.25, -0.2) is 9.78 Å². The van der Waals surface area contributed by atoms with Crippen molar-refractivity contribution in [1.82, 2.24) is 14.3 Å². The van der Waals surface area contributed by atoms with Gasteiger partial charge in [0.1, 0.15) is 5.65 Å². The zero-order valence-corrected chi connectivity index (χ0v) is 11.0. The van der Waals surface area contributed by atoms with Crippen LogP contribution in [0, 0.1) is 0 Å². The van der Waals surface area contributed by atoms with E-state index in [1.165, 1.54) is 20.0 Å². The van der Waals surface area contributed by atoms with Crippen LogP contribution in [-0.2, 0) is 11.3 Å². The number of nitrogens with zero attached hydrogens (tertiary/aromatic N) is 3. The van der Waals surface area contributed by atoms with Gasteiger partial charge in [-0.2, -0.15) is 0 Å². The monoisotopic (exact) mass is 259 g/mol. The van der Waals surface area contributed by atoms with Gasteiger partial charge in [0.05, 0.1) is 24.6 Å². The second-order valence-electron chi connectivity index (χ2n) is 4.87. The molecule has 0 atom stereocenters. The number of imidazole rings is 1. The highest BCUT2D eigenvalue weighted by molar-refractivity contribution is 5.90. The summed E-state index contributed by atoms with van der Waals surface area (Å²) in [5.41, 5.74) is 2.48. The summed E-state index contributed by atoms with van der Waals surface area (Å²) in [6.45, 7) is 3.24. The van der Waals surface area contributed by atoms with Gasteiger partial charge in [-0.15, -0.1) is 0 Å². The SMILES string of the molecule is COC(=O)c1ccn2c(CN3CCCC3)cnc2c1. The van der Waals surface area contributed by atoms with E-state index in [1.54, 1.807) is 12.1 Å². The first-order valence-corrected chi connectivity index (χ1v) is 6.54. The molecular formula is C14H17N3O2. The van der Waals surface area contributed by atoms with Gasteiger partial charge in [0.15, 0.2) is 0 Å². The molecule has 0 radical (unpaired) electrons. The molecule has 0 aliphatic carbocycles. The summed E-state index contributed by atoms with van der Waals surface area (Å²) in [5.74, 6) is -0.327. The van der Waals surface area contributed by atoms with E-state index in [0.717, 1.165) is 31.0 Å². The molecule has 3 heterocycles. The van der Waals surface area contributed by atoms with Gasteiger partial charge >= 0.3 is 5.97 Å². The fraction of sp³-hybridized carbons (Fsp3) is 0.429. The van der Waals surface area contributed by atoms with Gasteiger partial charge in [0.25, 0.3) is 0 Å². The summed E-state index contributed by atoms with van der Waals surface area (Å²) in [6.07, 6.45) is 6.33. The fourth-order valence-corrected chi connectivity index (χ4v) is 2.56. The molecule has 2 aromatic heterocycles. The molecule has 0 amide bonds. The highest BCUT2D eigenvalue weighted by Gasteiger charge is 2.15. The zero-order chi connectivity index (χ0) is 13.2. The Hall–Kier alpha value is -1.88. The number of likely N-dealkylation sites (tertiary alicyclic amines) is 1. The number of carbonyl (C=O) groups is 1. The smallest absolute Gasteiger partial charge is 0.338 e. The summed E-state index contributed by atoms with van der Waals surface area (Å²) in [5, 5.41) is 0. The number of rotatable bonds is 3. The van der Waals surface area contributed by atoms with Crippen LogP contribution in [0.25, 0.3) is 5.65 Å². The number of hydrogen-bond donors (Lipinski definition) is 0. The summed E-state index contributed by atoms with van der Waals surface area (Å²) in [4.78, 5) is 18.3. The van der Waals surface area contributed by atoms with E-state index in [2.05, 4.69) is 9.88 Å². The van der Waals surface area contributed by atoms with E-state index in [0.29, 0.717) is 5.56 Å². The average molecular weight is 259 g/mol. The molecule has 1 saturated heterocycles. The van der Waals surface area contributed by atoms with Crippen molar-refractivity contribution in [3.63, 3.8) is 0 Å². The molecule has 1 aliphatic rings. The molecule has 5 nitrogen and oxygen atoms in total. The van der Waals surface area contributed by atoms with E-state index in [9.17, 15) is 4.79 Å². The van der Waals surface area contributed by atoms with E-state index < -0.39 is 0 Å². The molecule has 2 aromatic rings. The van der Waals surface area contributed by atoms with Crippen LogP contribution in [0.2, 0.25) is 0 Å². The van der Waals surface area contributed by atoms with Crippen LogP contribution in [0.4, 0.5) is 0 Å². The van der Waals surface area contributed by atoms with Gasteiger partial charge in [0.2, 0.25) is 0 Å². The first kappa shape index (κ1) is 12.2. The second kappa shape index (κ2) is 5.01. The lowest BCUT2D eigenvalue weighted by atomic mass is 10.2. The third-order valence-electron chi connectivity index (χ3n) is 3.60. The van der Waals surface area contributed by atoms with E-state index >= 15 is 0 Å². The molecular weight excluding hydrogens is 242 g/mol. The Labute approximate surface area is 111 Å². The van der Waals surface area contributed by atoms with Gasteiger partial charge in [-0.3, -0.25) is 4.90 Å². The molecule has 3 rings (SSSR count). The number of pyridine rings is 1. The quantitative estimate of drug-likeness (QED) is 0.787. The normalized spacial score (nSPS) is 16.1. The lowest BCUT2D eigenvalue weighted by Gasteiger charge is -2.13. The van der Waals surface area contributed by atoms with Crippen LogP contribution < -0.4 is 0 Å². The van der Waals surface area contributed by atoms with Crippen LogP contribution in [0.5, 0.6) is 0 Å². The predicted octanol–water partition coefficient (Wildman–Crippen LogP) is 1.72. The summed E-state index contributed by atoms with van der Waals surface area (Å²) in [6, 6.07) is 3.54. The largest absolute Gasteiger partial charge is 0.465 e. The second-order valence-corrected chi connectivity index (χ2v) is 4.87. The van der Waals surface area contributed by atoms with Crippen molar-refractivity contribution < 1.29 is 9.53 Å². The van der Waals surface area contributed by atoms with E-state index in [-0.39, 0.29) is 5.97 Å². The number of hydrogen-bond acceptors (Lipinski definition) is 4. The third-order valence-corrected chi connectivity index (χ3v) is 3.60. The minimum absolute atomic E-state index is 0.327. The Morgan fingerprint density at radius 1 is 1.42 bits per heavy atom. The molecule has 1 aliphatic heterocycles. The lowest BCUT2D eigenvalue weighted by molar-refractivity contribution is 0.0600. The van der Waals surface area contributed by atoms with Gasteiger partial charge in [-0.05, 0) is 38.1 Å². The van der Waals surface area contributed by atoms with Crippen molar-refractivity contribution in [2.45, 2.75) is 19.4 Å². The van der Waals surface area contributed by atoms with Gasteiger partial charge in [-0.1, -0.05) is 0 Å². The standard InChI is InChI=1S/C14H17N3O2/c1-19-14(18)11-4-7-17-12(9-15-13(17)8-11)10-16-5-2-3-6-16/h4,7-9H,2-3,5-6,10H2,1H3. The Morgan fingerprint density at radius 3 is 2.95 bits per heavy atom. The van der Waals surface area contributed by atoms with E-state index in [4.69, 9.17) is 4.74 Å². The van der Waals surface area contributed by atoms with Gasteiger partial charge in [0, 0.05) is 12.7 Å². The molecule has 0 saturated carbocycles. The zero-order valence-electron chi connectivity index (χ0n) is 11.0. The Morgan fingerprint density at radius 2 is 2.21 bits per heavy atom. The number of fused-ring (bicyclic) bond motifs is 1. The Kier molecular flexibility index (Phi) is 3.21. The van der Waals surface area contributed by atoms with Crippen LogP contribution in [-0.4, -0.2) is 40.5 Å². The molecule has 0 spiro atoms. The van der Waals surface area contributed by atoms with E-state index in [1.807, 2.05) is 16.8 Å². The third kappa shape index (κ3) is 2.33. The highest BCUT2D eigenvalue weighted by Crippen LogP contribution is 2.15. The molecule has 100 valence electrons. The minimum Gasteiger partial charge on any atom is -0.465 e. The maximum Gasteiger partial charge on any atom is 0.338 e. The molecule has 19 heavy (non-hydrogen) atoms. The first-order chi connectivity index (χ1) is 9.28. The molecule has 0 unspecified atom stereocenters. The lowest BCUT2D eigenvalue weighted by Crippen LogP contribution is -2.19. The Bertz CT molecular complexity index is 600. The van der Waals surface area contributed by atoms with Crippen molar-refractivity contribution in [1.29, 1.82) is 0 Å². The number of esters is 1. The Balaban J connectivity index is 1.88. The number of aromatic nitrogens is 2. The van der Waals surface area contributed by atoms with Crippen LogP contribution in [0.15, 0.2) is 24.5 Å². The minimum atomic E-state index is -0.327. The molecule has 5 heteroatoms. The van der Waals surface area contributed by atoms with Crippen LogP contribution in [0.3, 0.4) is 0 Å². The maximum absolute atomic E-state index is 11.5. The first-order valence-electron chi connectivity index (χ1n) is 6.54. The molecule has 1 fully saturated rings. The average Bonchev–Trinajstić information content (AvgIpc) is 3.08. The van der Waals surface area contributed by atoms with Crippen molar-refractivity contribution in [2.24, 2.45) is 0 Å². The van der Waals surface area contributed by atoms with Crippen LogP contribution in [0.1, 0.15) is 28.9 Å². The maximum atomic E-state index is 11.5. The van der Waals surface area contributed by atoms with Crippen molar-refractivity contribution in [2.75, 3.05) is 20.2 Å². The molecule has 0 bridgehead atoms. The predicted molar refractivity (Wildman–Crippen MR) is 71.0 cm³/mol. The van der Waals surface area contributed by atoms with Crippen LogP contribution >= 0.6 is 0 Å². The summed E-state index contributed by atoms with van der Waals surface area (Å²) >= 11 is 0. The number of carbonyl (C=O) groups excluding carboxylic acids is 1. The topological polar surface area (TPSA) is 46.8 Å². The van der Waals surface area contributed by atoms with Crippen molar-refractivity contribution >= 4 is 11.6 Å². The van der Waals surface area contributed by atoms with Gasteiger partial charge < -0.3 is 9.14 Å². The highest BCUT2D eigenvalue weighted by atomic mass is 16.5. The van der Waals surface area contributed by atoms with Crippen molar-refractivity contribution in [3.8, 4) is 0 Å². The summed E-state index contributed by atoms with van der Waals surface area (Å²) in [7, 11) is 1.39. The number of ether oxygens (including phenoxy) is 1. The summed E-state index contributed by atoms with van der Waals surface area (Å²) < 4.78 is 6.75. The van der Waals surface area contributed by atoms with Crippen molar-refractivity contribution in [3.05, 3.63) is 35.8 Å². The fourth-order valence-electron chi connectivity index (χ4n) is 2.56.